The molecule has 0 spiro atoms. The van der Waals surface area contributed by atoms with Crippen LogP contribution in [0, 0.1) is 5.92 Å². The molecule has 4 heteroatoms. The monoisotopic (exact) mass is 387 g/mol. The second-order valence-corrected chi connectivity index (χ2v) is 7.43. The molecule has 3 aromatic carbocycles. The minimum absolute atomic E-state index is 0.0415. The number of carbonyl (C=O) groups excluding carboxylic acids is 1. The van der Waals surface area contributed by atoms with Crippen LogP contribution >= 0.6 is 0 Å². The molecular weight excluding hydrogens is 362 g/mol. The molecule has 0 aromatic heterocycles. The van der Waals surface area contributed by atoms with E-state index in [2.05, 4.69) is 5.32 Å². The zero-order valence-corrected chi connectivity index (χ0v) is 16.2. The number of rotatable bonds is 6. The molecule has 0 aliphatic carbocycles. The Morgan fingerprint density at radius 1 is 0.966 bits per heavy atom. The van der Waals surface area contributed by atoms with Gasteiger partial charge in [0.25, 0.3) is 0 Å². The van der Waals surface area contributed by atoms with Crippen molar-refractivity contribution >= 4 is 5.91 Å². The molecule has 148 valence electrons. The summed E-state index contributed by atoms with van der Waals surface area (Å²) in [7, 11) is 0. The quantitative estimate of drug-likeness (QED) is 0.675. The van der Waals surface area contributed by atoms with Gasteiger partial charge in [-0.05, 0) is 23.6 Å². The lowest BCUT2D eigenvalue weighted by Gasteiger charge is -2.34. The van der Waals surface area contributed by atoms with Crippen molar-refractivity contribution in [3.63, 3.8) is 0 Å². The molecule has 4 nitrogen and oxygen atoms in total. The zero-order chi connectivity index (χ0) is 20.1. The van der Waals surface area contributed by atoms with Crippen LogP contribution in [0.5, 0.6) is 5.75 Å². The first-order chi connectivity index (χ1) is 14.3. The smallest absolute Gasteiger partial charge is 0.228 e. The van der Waals surface area contributed by atoms with Crippen LogP contribution < -0.4 is 10.1 Å². The second kappa shape index (κ2) is 8.93. The van der Waals surface area contributed by atoms with Crippen molar-refractivity contribution in [3.8, 4) is 5.75 Å². The van der Waals surface area contributed by atoms with Gasteiger partial charge < -0.3 is 15.2 Å². The molecule has 1 aliphatic rings. The molecule has 29 heavy (non-hydrogen) atoms. The lowest BCUT2D eigenvalue weighted by Crippen LogP contribution is -2.42. The molecule has 2 N–H and O–H groups in total. The Labute approximate surface area is 171 Å². The molecule has 3 aromatic rings. The molecule has 4 rings (SSSR count). The molecule has 1 heterocycles. The largest absolute Gasteiger partial charge is 0.493 e. The summed E-state index contributed by atoms with van der Waals surface area (Å²) in [6.07, 6.45) is 0.616. The summed E-state index contributed by atoms with van der Waals surface area (Å²) in [5, 5.41) is 13.1. The maximum absolute atomic E-state index is 13.5. The summed E-state index contributed by atoms with van der Waals surface area (Å²) in [5.41, 5.74) is 3.01. The lowest BCUT2D eigenvalue weighted by molar-refractivity contribution is -0.124. The minimum atomic E-state index is -0.312. The molecule has 0 saturated heterocycles. The number of fused-ring (bicyclic) bond motifs is 1. The summed E-state index contributed by atoms with van der Waals surface area (Å²) in [6, 6.07) is 27.3. The van der Waals surface area contributed by atoms with E-state index in [1.807, 2.05) is 84.9 Å². The third kappa shape index (κ3) is 4.33. The van der Waals surface area contributed by atoms with E-state index in [1.54, 1.807) is 0 Å². The third-order valence-corrected chi connectivity index (χ3v) is 5.51. The summed E-state index contributed by atoms with van der Waals surface area (Å²) >= 11 is 0. The number of hydrogen-bond acceptors (Lipinski definition) is 3. The van der Waals surface area contributed by atoms with E-state index in [-0.39, 0.29) is 30.4 Å². The van der Waals surface area contributed by atoms with Crippen LogP contribution in [-0.2, 0) is 11.2 Å². The van der Waals surface area contributed by atoms with Gasteiger partial charge in [0.05, 0.1) is 25.2 Å². The van der Waals surface area contributed by atoms with Gasteiger partial charge in [0.15, 0.2) is 0 Å². The van der Waals surface area contributed by atoms with E-state index in [4.69, 9.17) is 4.74 Å². The highest BCUT2D eigenvalue weighted by Gasteiger charge is 2.33. The van der Waals surface area contributed by atoms with Gasteiger partial charge in [-0.2, -0.15) is 0 Å². The first-order valence-corrected chi connectivity index (χ1v) is 9.98. The maximum Gasteiger partial charge on any atom is 0.228 e. The number of aliphatic hydroxyl groups is 1. The van der Waals surface area contributed by atoms with Gasteiger partial charge in [-0.3, -0.25) is 4.79 Å². The molecule has 1 amide bonds. The van der Waals surface area contributed by atoms with Crippen molar-refractivity contribution in [2.75, 3.05) is 13.2 Å². The highest BCUT2D eigenvalue weighted by Crippen LogP contribution is 2.36. The van der Waals surface area contributed by atoms with Gasteiger partial charge >= 0.3 is 0 Å². The van der Waals surface area contributed by atoms with Crippen LogP contribution in [0.15, 0.2) is 84.9 Å². The molecule has 0 bridgehead atoms. The number of hydrogen-bond donors (Lipinski definition) is 2. The van der Waals surface area contributed by atoms with Crippen molar-refractivity contribution in [3.05, 3.63) is 102 Å². The molecule has 0 fully saturated rings. The van der Waals surface area contributed by atoms with Crippen LogP contribution in [0.4, 0.5) is 0 Å². The Bertz CT molecular complexity index is 943. The summed E-state index contributed by atoms with van der Waals surface area (Å²) < 4.78 is 5.77. The Balaban J connectivity index is 1.62. The van der Waals surface area contributed by atoms with Gasteiger partial charge in [-0.1, -0.05) is 78.9 Å². The Morgan fingerprint density at radius 2 is 1.62 bits per heavy atom. The van der Waals surface area contributed by atoms with E-state index in [0.29, 0.717) is 13.0 Å². The van der Waals surface area contributed by atoms with Crippen LogP contribution in [-0.4, -0.2) is 24.2 Å². The van der Waals surface area contributed by atoms with Crippen LogP contribution in [0.1, 0.15) is 28.7 Å². The molecule has 0 saturated carbocycles. The summed E-state index contributed by atoms with van der Waals surface area (Å²) in [4.78, 5) is 13.5. The number of nitrogens with one attached hydrogen (secondary N) is 1. The topological polar surface area (TPSA) is 58.6 Å². The van der Waals surface area contributed by atoms with Gasteiger partial charge in [-0.25, -0.2) is 0 Å². The zero-order valence-electron chi connectivity index (χ0n) is 16.2. The standard InChI is InChI=1S/C25H25NO3/c27-16-20-17-29-23-14-8-7-13-21(23)24(20)26-25(28)22(19-11-5-2-6-12-19)15-18-9-3-1-4-10-18/h1-14,20,22,24,27H,15-17H2,(H,26,28)/t20-,22-,24-/m1/s1. The molecule has 1 aliphatic heterocycles. The Hall–Kier alpha value is -3.11. The Morgan fingerprint density at radius 3 is 2.34 bits per heavy atom. The van der Waals surface area contributed by atoms with Crippen molar-refractivity contribution in [1.82, 2.24) is 5.32 Å². The highest BCUT2D eigenvalue weighted by molar-refractivity contribution is 5.84. The van der Waals surface area contributed by atoms with Crippen molar-refractivity contribution in [2.24, 2.45) is 5.92 Å². The Kier molecular flexibility index (Phi) is 5.92. The number of aliphatic hydroxyl groups excluding tert-OH is 1. The van der Waals surface area contributed by atoms with E-state index in [1.165, 1.54) is 0 Å². The fourth-order valence-corrected chi connectivity index (χ4v) is 3.92. The fraction of sp³-hybridized carbons (Fsp3) is 0.240. The van der Waals surface area contributed by atoms with Gasteiger partial charge in [0.1, 0.15) is 5.75 Å². The van der Waals surface area contributed by atoms with Gasteiger partial charge in [-0.15, -0.1) is 0 Å². The first kappa shape index (κ1) is 19.2. The molecule has 0 unspecified atom stereocenters. The predicted octanol–water partition coefficient (Wildman–Crippen LogP) is 3.87. The average Bonchev–Trinajstić information content (AvgIpc) is 2.79. The maximum atomic E-state index is 13.5. The van der Waals surface area contributed by atoms with E-state index in [0.717, 1.165) is 22.4 Å². The van der Waals surface area contributed by atoms with Crippen LogP contribution in [0.3, 0.4) is 0 Å². The number of para-hydroxylation sites is 1. The average molecular weight is 387 g/mol. The van der Waals surface area contributed by atoms with Crippen LogP contribution in [0.25, 0.3) is 0 Å². The summed E-state index contributed by atoms with van der Waals surface area (Å²) in [6.45, 7) is 0.334. The normalized spacial score (nSPS) is 18.9. The van der Waals surface area contributed by atoms with Gasteiger partial charge in [0, 0.05) is 11.5 Å². The van der Waals surface area contributed by atoms with Crippen molar-refractivity contribution in [2.45, 2.75) is 18.4 Å². The SMILES string of the molecule is O=C(N[C@H]1c2ccccc2OC[C@H]1CO)[C@H](Cc1ccccc1)c1ccccc1. The fourth-order valence-electron chi connectivity index (χ4n) is 3.92. The first-order valence-electron chi connectivity index (χ1n) is 9.98. The molecular formula is C25H25NO3. The van der Waals surface area contributed by atoms with Crippen LogP contribution in [0.2, 0.25) is 0 Å². The number of carbonyl (C=O) groups is 1. The third-order valence-electron chi connectivity index (χ3n) is 5.51. The number of amides is 1. The minimum Gasteiger partial charge on any atom is -0.493 e. The van der Waals surface area contributed by atoms with Gasteiger partial charge in [0.2, 0.25) is 5.91 Å². The van der Waals surface area contributed by atoms with E-state index in [9.17, 15) is 9.90 Å². The van der Waals surface area contributed by atoms with Crippen molar-refractivity contribution in [1.29, 1.82) is 0 Å². The molecule has 3 atom stereocenters. The number of benzene rings is 3. The number of ether oxygens (including phenoxy) is 1. The van der Waals surface area contributed by atoms with E-state index < -0.39 is 0 Å². The highest BCUT2D eigenvalue weighted by atomic mass is 16.5. The predicted molar refractivity (Wildman–Crippen MR) is 113 cm³/mol. The lowest BCUT2D eigenvalue weighted by atomic mass is 9.88. The molecule has 0 radical (unpaired) electrons. The summed E-state index contributed by atoms with van der Waals surface area (Å²) in [5.74, 6) is 0.233. The van der Waals surface area contributed by atoms with E-state index >= 15 is 0 Å². The van der Waals surface area contributed by atoms with Crippen molar-refractivity contribution < 1.29 is 14.6 Å². The second-order valence-electron chi connectivity index (χ2n) is 7.43.